The van der Waals surface area contributed by atoms with Crippen LogP contribution in [0.5, 0.6) is 0 Å². The number of amides is 4. The molecule has 1 aliphatic heterocycles. The van der Waals surface area contributed by atoms with Crippen molar-refractivity contribution in [2.75, 3.05) is 20.1 Å². The normalized spacial score (nSPS) is 16.9. The van der Waals surface area contributed by atoms with Gasteiger partial charge in [0.15, 0.2) is 0 Å². The molecule has 1 fully saturated rings. The number of likely N-dealkylation sites (N-methyl/N-ethyl adjacent to an activating group) is 1. The van der Waals surface area contributed by atoms with E-state index in [9.17, 15) is 14.4 Å². The Hall–Kier alpha value is -2.08. The van der Waals surface area contributed by atoms with Crippen LogP contribution in [-0.4, -0.2) is 53.3 Å². The summed E-state index contributed by atoms with van der Waals surface area (Å²) < 4.78 is 0. The fourth-order valence-corrected chi connectivity index (χ4v) is 2.57. The number of imide groups is 1. The monoisotopic (exact) mass is 337 g/mol. The maximum absolute atomic E-state index is 12.2. The van der Waals surface area contributed by atoms with E-state index in [1.54, 1.807) is 27.0 Å². The summed E-state index contributed by atoms with van der Waals surface area (Å²) in [4.78, 5) is 38.5. The van der Waals surface area contributed by atoms with E-state index >= 15 is 0 Å². The van der Waals surface area contributed by atoms with Crippen LogP contribution in [0.4, 0.5) is 4.79 Å². The molecular weight excluding hydrogens is 318 g/mol. The molecule has 0 spiro atoms. The van der Waals surface area contributed by atoms with Gasteiger partial charge in [0.2, 0.25) is 5.91 Å². The second kappa shape index (κ2) is 6.58. The first-order valence-electron chi connectivity index (χ1n) is 7.34. The standard InChI is InChI=1S/C16H20ClN3O3/c1-16(2)14(22)20(15(23)19(16)3)10-13(21)18-8-7-11-5-4-6-12(17)9-11/h4-6,9H,7-8,10H2,1-3H3,(H,18,21). The van der Waals surface area contributed by atoms with E-state index in [2.05, 4.69) is 5.32 Å². The van der Waals surface area contributed by atoms with Crippen molar-refractivity contribution in [3.63, 3.8) is 0 Å². The van der Waals surface area contributed by atoms with Crippen LogP contribution in [0, 0.1) is 0 Å². The molecule has 124 valence electrons. The zero-order valence-corrected chi connectivity index (χ0v) is 14.2. The van der Waals surface area contributed by atoms with Crippen LogP contribution in [0.15, 0.2) is 24.3 Å². The molecule has 4 amide bonds. The number of nitrogens with zero attached hydrogens (tertiary/aromatic N) is 2. The van der Waals surface area contributed by atoms with Crippen LogP contribution in [0.2, 0.25) is 5.02 Å². The molecular formula is C16H20ClN3O3. The average Bonchev–Trinajstić information content (AvgIpc) is 2.62. The summed E-state index contributed by atoms with van der Waals surface area (Å²) in [6.07, 6.45) is 0.625. The molecule has 0 saturated carbocycles. The van der Waals surface area contributed by atoms with Gasteiger partial charge in [0, 0.05) is 18.6 Å². The predicted octanol–water partition coefficient (Wildman–Crippen LogP) is 1.67. The van der Waals surface area contributed by atoms with Gasteiger partial charge in [-0.2, -0.15) is 0 Å². The topological polar surface area (TPSA) is 69.7 Å². The molecule has 1 saturated heterocycles. The van der Waals surface area contributed by atoms with E-state index in [-0.39, 0.29) is 18.4 Å². The molecule has 23 heavy (non-hydrogen) atoms. The molecule has 1 heterocycles. The van der Waals surface area contributed by atoms with Crippen molar-refractivity contribution in [1.82, 2.24) is 15.1 Å². The number of urea groups is 1. The summed E-state index contributed by atoms with van der Waals surface area (Å²) in [5.74, 6) is -0.727. The highest BCUT2D eigenvalue weighted by atomic mass is 35.5. The smallest absolute Gasteiger partial charge is 0.327 e. The van der Waals surface area contributed by atoms with E-state index in [0.717, 1.165) is 10.5 Å². The number of carbonyl (C=O) groups excluding carboxylic acids is 3. The van der Waals surface area contributed by atoms with Crippen molar-refractivity contribution in [3.05, 3.63) is 34.9 Å². The van der Waals surface area contributed by atoms with Crippen LogP contribution in [-0.2, 0) is 16.0 Å². The molecule has 1 aromatic rings. The van der Waals surface area contributed by atoms with Crippen molar-refractivity contribution in [3.8, 4) is 0 Å². The number of carbonyl (C=O) groups is 3. The first-order valence-corrected chi connectivity index (χ1v) is 7.72. The van der Waals surface area contributed by atoms with Gasteiger partial charge in [-0.25, -0.2) is 4.79 Å². The third-order valence-electron chi connectivity index (χ3n) is 4.05. The Morgan fingerprint density at radius 1 is 1.30 bits per heavy atom. The van der Waals surface area contributed by atoms with Gasteiger partial charge in [0.05, 0.1) is 0 Å². The summed E-state index contributed by atoms with van der Waals surface area (Å²) in [6, 6.07) is 6.93. The lowest BCUT2D eigenvalue weighted by Crippen LogP contribution is -2.43. The van der Waals surface area contributed by atoms with Crippen molar-refractivity contribution in [1.29, 1.82) is 0 Å². The van der Waals surface area contributed by atoms with Gasteiger partial charge in [-0.3, -0.25) is 14.5 Å². The lowest BCUT2D eigenvalue weighted by Gasteiger charge is -2.22. The first-order chi connectivity index (χ1) is 10.7. The molecule has 0 radical (unpaired) electrons. The Bertz CT molecular complexity index is 645. The molecule has 1 aromatic carbocycles. The van der Waals surface area contributed by atoms with Gasteiger partial charge < -0.3 is 10.2 Å². The first kappa shape index (κ1) is 17.3. The minimum Gasteiger partial charge on any atom is -0.354 e. The van der Waals surface area contributed by atoms with Gasteiger partial charge in [-0.1, -0.05) is 23.7 Å². The molecule has 0 bridgehead atoms. The van der Waals surface area contributed by atoms with Crippen molar-refractivity contribution in [2.24, 2.45) is 0 Å². The van der Waals surface area contributed by atoms with E-state index in [1.807, 2.05) is 18.2 Å². The molecule has 0 atom stereocenters. The van der Waals surface area contributed by atoms with Crippen molar-refractivity contribution in [2.45, 2.75) is 25.8 Å². The Morgan fingerprint density at radius 3 is 2.57 bits per heavy atom. The third kappa shape index (κ3) is 3.64. The second-order valence-corrected chi connectivity index (χ2v) is 6.46. The zero-order chi connectivity index (χ0) is 17.2. The summed E-state index contributed by atoms with van der Waals surface area (Å²) in [6.45, 7) is 3.46. The number of hydrogen-bond acceptors (Lipinski definition) is 3. The number of halogens is 1. The molecule has 0 aromatic heterocycles. The fraction of sp³-hybridized carbons (Fsp3) is 0.438. The molecule has 6 nitrogen and oxygen atoms in total. The summed E-state index contributed by atoms with van der Waals surface area (Å²) in [5, 5.41) is 3.36. The summed E-state index contributed by atoms with van der Waals surface area (Å²) >= 11 is 5.90. The van der Waals surface area contributed by atoms with E-state index < -0.39 is 11.6 Å². The molecule has 2 rings (SSSR count). The molecule has 1 aliphatic rings. The highest BCUT2D eigenvalue weighted by molar-refractivity contribution is 6.30. The van der Waals surface area contributed by atoms with Crippen LogP contribution in [0.3, 0.4) is 0 Å². The third-order valence-corrected chi connectivity index (χ3v) is 4.29. The SMILES string of the molecule is CN1C(=O)N(CC(=O)NCCc2cccc(Cl)c2)C(=O)C1(C)C. The van der Waals surface area contributed by atoms with Gasteiger partial charge in [0.1, 0.15) is 12.1 Å². The minimum absolute atomic E-state index is 0.263. The number of nitrogens with one attached hydrogen (secondary N) is 1. The maximum Gasteiger partial charge on any atom is 0.327 e. The number of benzene rings is 1. The highest BCUT2D eigenvalue weighted by Crippen LogP contribution is 2.25. The predicted molar refractivity (Wildman–Crippen MR) is 87.1 cm³/mol. The van der Waals surface area contributed by atoms with Crippen molar-refractivity contribution < 1.29 is 14.4 Å². The van der Waals surface area contributed by atoms with Crippen molar-refractivity contribution >= 4 is 29.4 Å². The van der Waals surface area contributed by atoms with Gasteiger partial charge in [-0.15, -0.1) is 0 Å². The Kier molecular flexibility index (Phi) is 4.94. The van der Waals surface area contributed by atoms with Crippen LogP contribution in [0.1, 0.15) is 19.4 Å². The Balaban J connectivity index is 1.86. The van der Waals surface area contributed by atoms with E-state index in [1.165, 1.54) is 4.90 Å². The Labute approximate surface area is 140 Å². The van der Waals surface area contributed by atoms with Crippen LogP contribution in [0.25, 0.3) is 0 Å². The van der Waals surface area contributed by atoms with E-state index in [0.29, 0.717) is 18.0 Å². The lowest BCUT2D eigenvalue weighted by atomic mass is 10.1. The summed E-state index contributed by atoms with van der Waals surface area (Å²) in [7, 11) is 1.55. The minimum atomic E-state index is -0.919. The molecule has 7 heteroatoms. The summed E-state index contributed by atoms with van der Waals surface area (Å²) in [5.41, 5.74) is 0.0880. The van der Waals surface area contributed by atoms with Gasteiger partial charge in [0.25, 0.3) is 5.91 Å². The molecule has 1 N–H and O–H groups in total. The fourth-order valence-electron chi connectivity index (χ4n) is 2.36. The lowest BCUT2D eigenvalue weighted by molar-refractivity contribution is -0.135. The quantitative estimate of drug-likeness (QED) is 0.831. The number of rotatable bonds is 5. The Morgan fingerprint density at radius 2 is 2.00 bits per heavy atom. The van der Waals surface area contributed by atoms with Gasteiger partial charge >= 0.3 is 6.03 Å². The maximum atomic E-state index is 12.2. The molecule has 0 aliphatic carbocycles. The second-order valence-electron chi connectivity index (χ2n) is 6.02. The van der Waals surface area contributed by atoms with Crippen LogP contribution < -0.4 is 5.32 Å². The largest absolute Gasteiger partial charge is 0.354 e. The van der Waals surface area contributed by atoms with E-state index in [4.69, 9.17) is 11.6 Å². The van der Waals surface area contributed by atoms with Gasteiger partial charge in [-0.05, 0) is 38.0 Å². The zero-order valence-electron chi connectivity index (χ0n) is 13.4. The number of hydrogen-bond donors (Lipinski definition) is 1. The highest BCUT2D eigenvalue weighted by Gasteiger charge is 2.49. The molecule has 0 unspecified atom stereocenters. The van der Waals surface area contributed by atoms with Crippen LogP contribution >= 0.6 is 11.6 Å². The average molecular weight is 338 g/mol.